The summed E-state index contributed by atoms with van der Waals surface area (Å²) in [7, 11) is 1.95. The monoisotopic (exact) mass is 505 g/mol. The number of nitrogens with two attached hydrogens (primary N) is 1. The number of allylic oxidation sites excluding steroid dienone is 9. The molecule has 4 heteroatoms. The molecule has 0 fully saturated rings. The fraction of sp³-hybridized carbons (Fsp3) is 0.0909. The lowest BCUT2D eigenvalue weighted by molar-refractivity contribution is 0.694. The summed E-state index contributed by atoms with van der Waals surface area (Å²) in [5.74, 6) is 0. The Morgan fingerprint density at radius 2 is 1.49 bits per heavy atom. The quantitative estimate of drug-likeness (QED) is 0.247. The van der Waals surface area contributed by atoms with Crippen molar-refractivity contribution in [3.63, 3.8) is 0 Å². The van der Waals surface area contributed by atoms with Gasteiger partial charge >= 0.3 is 0 Å². The highest BCUT2D eigenvalue weighted by molar-refractivity contribution is 8.03. The first kappa shape index (κ1) is 27.6. The summed E-state index contributed by atoms with van der Waals surface area (Å²) >= 11 is 1.54. The average molecular weight is 506 g/mol. The molecule has 0 saturated carbocycles. The molecule has 4 rings (SSSR count). The summed E-state index contributed by atoms with van der Waals surface area (Å²) in [6.07, 6.45) is 12.1. The van der Waals surface area contributed by atoms with E-state index in [9.17, 15) is 0 Å². The first-order chi connectivity index (χ1) is 18.0. The van der Waals surface area contributed by atoms with Crippen molar-refractivity contribution in [2.24, 2.45) is 0 Å². The number of para-hydroxylation sites is 2. The molecule has 3 aromatic rings. The Bertz CT molecular complexity index is 1320. The van der Waals surface area contributed by atoms with E-state index in [1.807, 2.05) is 91.4 Å². The maximum atomic E-state index is 5.99. The van der Waals surface area contributed by atoms with Gasteiger partial charge in [-0.2, -0.15) is 0 Å². The summed E-state index contributed by atoms with van der Waals surface area (Å²) in [5.41, 5.74) is 14.4. The molecule has 188 valence electrons. The van der Waals surface area contributed by atoms with E-state index in [1.54, 1.807) is 11.9 Å². The van der Waals surface area contributed by atoms with Crippen molar-refractivity contribution in [1.29, 1.82) is 0 Å². The van der Waals surface area contributed by atoms with Gasteiger partial charge < -0.3 is 15.8 Å². The van der Waals surface area contributed by atoms with Crippen LogP contribution in [0.1, 0.15) is 29.7 Å². The Hall–Kier alpha value is -3.99. The highest BCUT2D eigenvalue weighted by Gasteiger charge is 2.13. The zero-order valence-corrected chi connectivity index (χ0v) is 22.3. The molecule has 0 bridgehead atoms. The smallest absolute Gasteiger partial charge is 0.0594 e. The van der Waals surface area contributed by atoms with Gasteiger partial charge in [0, 0.05) is 11.3 Å². The minimum Gasteiger partial charge on any atom is -0.398 e. The predicted molar refractivity (Wildman–Crippen MR) is 165 cm³/mol. The van der Waals surface area contributed by atoms with E-state index in [-0.39, 0.29) is 6.04 Å². The highest BCUT2D eigenvalue weighted by atomic mass is 32.2. The van der Waals surface area contributed by atoms with Crippen LogP contribution in [-0.4, -0.2) is 7.05 Å². The van der Waals surface area contributed by atoms with Gasteiger partial charge in [0.25, 0.3) is 0 Å². The first-order valence-electron chi connectivity index (χ1n) is 12.1. The number of nitrogens with one attached hydrogen (secondary N) is 2. The maximum absolute atomic E-state index is 5.99. The van der Waals surface area contributed by atoms with Gasteiger partial charge in [0.1, 0.15) is 0 Å². The fourth-order valence-corrected chi connectivity index (χ4v) is 4.29. The van der Waals surface area contributed by atoms with Crippen LogP contribution in [0, 0.1) is 0 Å². The van der Waals surface area contributed by atoms with Gasteiger partial charge in [-0.05, 0) is 71.3 Å². The van der Waals surface area contributed by atoms with E-state index in [4.69, 9.17) is 5.73 Å². The third kappa shape index (κ3) is 8.28. The largest absolute Gasteiger partial charge is 0.398 e. The van der Waals surface area contributed by atoms with Crippen molar-refractivity contribution in [2.45, 2.75) is 13.0 Å². The van der Waals surface area contributed by atoms with E-state index in [0.717, 1.165) is 39.2 Å². The van der Waals surface area contributed by atoms with Crippen LogP contribution in [0.25, 0.3) is 5.57 Å². The third-order valence-electron chi connectivity index (χ3n) is 5.88. The van der Waals surface area contributed by atoms with Crippen LogP contribution in [0.5, 0.6) is 0 Å². The van der Waals surface area contributed by atoms with Gasteiger partial charge in [-0.15, -0.1) is 0 Å². The molecule has 1 atom stereocenters. The molecular weight excluding hydrogens is 470 g/mol. The van der Waals surface area contributed by atoms with Crippen molar-refractivity contribution in [3.05, 3.63) is 162 Å². The normalized spacial score (nSPS) is 18.4. The lowest BCUT2D eigenvalue weighted by atomic mass is 9.97. The van der Waals surface area contributed by atoms with Crippen LogP contribution in [-0.2, 0) is 0 Å². The van der Waals surface area contributed by atoms with Gasteiger partial charge in [-0.25, -0.2) is 0 Å². The Balaban J connectivity index is 0.000000213. The number of benzene rings is 3. The van der Waals surface area contributed by atoms with Crippen LogP contribution in [0.3, 0.4) is 0 Å². The molecule has 0 spiro atoms. The topological polar surface area (TPSA) is 50.1 Å². The van der Waals surface area contributed by atoms with E-state index in [0.29, 0.717) is 0 Å². The van der Waals surface area contributed by atoms with Crippen molar-refractivity contribution in [1.82, 2.24) is 5.32 Å². The number of nitrogen functional groups attached to an aromatic ring is 1. The second-order valence-corrected chi connectivity index (χ2v) is 9.19. The predicted octanol–water partition coefficient (Wildman–Crippen LogP) is 8.48. The molecule has 3 nitrogen and oxygen atoms in total. The maximum Gasteiger partial charge on any atom is 0.0594 e. The van der Waals surface area contributed by atoms with E-state index >= 15 is 0 Å². The van der Waals surface area contributed by atoms with Crippen molar-refractivity contribution in [3.8, 4) is 0 Å². The summed E-state index contributed by atoms with van der Waals surface area (Å²) in [6.45, 7) is 10.3. The fourth-order valence-electron chi connectivity index (χ4n) is 3.75. The molecule has 1 aliphatic rings. The summed E-state index contributed by atoms with van der Waals surface area (Å²) in [6, 6.07) is 26.6. The van der Waals surface area contributed by atoms with Crippen molar-refractivity contribution in [2.75, 3.05) is 17.5 Å². The zero-order valence-electron chi connectivity index (χ0n) is 21.5. The van der Waals surface area contributed by atoms with Crippen LogP contribution < -0.4 is 15.8 Å². The third-order valence-corrected chi connectivity index (χ3v) is 6.51. The standard InChI is InChI=1S/C19H19NS.C14H16N2/c1-15-9-5-4-8-14-21-20-19-11-7-6-10-18(19)17(3)13-12-16(15)2;1-16-14(11-7-3-2-4-8-11)12-9-5-6-10-13(12)15/h4-14,20H,2-3H2,1H3;2-10,14,16H,15H2,1H3/b5-4-,13-12-,14-8+,15-9+;. The molecule has 0 saturated heterocycles. The van der Waals surface area contributed by atoms with Crippen molar-refractivity contribution >= 4 is 28.9 Å². The average Bonchev–Trinajstić information content (AvgIpc) is 2.93. The van der Waals surface area contributed by atoms with E-state index in [1.165, 1.54) is 5.56 Å². The number of hydrogen-bond donors (Lipinski definition) is 3. The minimum atomic E-state index is 0.155. The number of hydrogen-bond acceptors (Lipinski definition) is 4. The van der Waals surface area contributed by atoms with Crippen molar-refractivity contribution < 1.29 is 0 Å². The molecule has 1 heterocycles. The summed E-state index contributed by atoms with van der Waals surface area (Å²) in [4.78, 5) is 0. The number of rotatable bonds is 3. The SMILES string of the molecule is C=C1/C=C\C(=C)c2ccccc2NS/C=C/C=C\C=C\1C.CNC(c1ccccc1)c1ccccc1N. The molecule has 0 aromatic heterocycles. The minimum absolute atomic E-state index is 0.155. The summed E-state index contributed by atoms with van der Waals surface area (Å²) < 4.78 is 3.33. The molecule has 1 unspecified atom stereocenters. The van der Waals surface area contributed by atoms with Crippen LogP contribution in [0.2, 0.25) is 0 Å². The second kappa shape index (κ2) is 14.5. The van der Waals surface area contributed by atoms with Gasteiger partial charge in [-0.3, -0.25) is 0 Å². The second-order valence-electron chi connectivity index (χ2n) is 8.47. The Morgan fingerprint density at radius 3 is 2.24 bits per heavy atom. The Labute approximate surface area is 226 Å². The van der Waals surface area contributed by atoms with Crippen LogP contribution >= 0.6 is 11.9 Å². The summed E-state index contributed by atoms with van der Waals surface area (Å²) in [5, 5.41) is 5.31. The van der Waals surface area contributed by atoms with Gasteiger partial charge in [0.05, 0.1) is 11.7 Å². The molecular formula is C33H35N3S. The molecule has 0 radical (unpaired) electrons. The Kier molecular flexibility index (Phi) is 10.8. The van der Waals surface area contributed by atoms with E-state index < -0.39 is 0 Å². The van der Waals surface area contributed by atoms with Gasteiger partial charge in [0.2, 0.25) is 0 Å². The highest BCUT2D eigenvalue weighted by Crippen LogP contribution is 2.27. The Morgan fingerprint density at radius 1 is 0.811 bits per heavy atom. The molecule has 37 heavy (non-hydrogen) atoms. The zero-order chi connectivity index (χ0) is 26.5. The molecule has 4 N–H and O–H groups in total. The molecule has 0 amide bonds. The molecule has 3 aromatic carbocycles. The lowest BCUT2D eigenvalue weighted by Crippen LogP contribution is -2.18. The molecule has 1 aliphatic heterocycles. The van der Waals surface area contributed by atoms with E-state index in [2.05, 4.69) is 66.5 Å². The first-order valence-corrected chi connectivity index (χ1v) is 13.0. The van der Waals surface area contributed by atoms with Gasteiger partial charge in [0.15, 0.2) is 0 Å². The van der Waals surface area contributed by atoms with Gasteiger partial charge in [-0.1, -0.05) is 116 Å². The molecule has 0 aliphatic carbocycles. The van der Waals surface area contributed by atoms with Crippen LogP contribution in [0.15, 0.2) is 145 Å². The lowest BCUT2D eigenvalue weighted by Gasteiger charge is -2.18. The van der Waals surface area contributed by atoms with Crippen LogP contribution in [0.4, 0.5) is 11.4 Å². The number of anilines is 2. The number of fused-ring (bicyclic) bond motifs is 1.